The number of amides is 1. The van der Waals surface area contributed by atoms with Crippen LogP contribution in [-0.4, -0.2) is 35.4 Å². The van der Waals surface area contributed by atoms with Crippen LogP contribution in [0.25, 0.3) is 0 Å². The fraction of sp³-hybridized carbons (Fsp3) is 0.409. The van der Waals surface area contributed by atoms with E-state index in [4.69, 9.17) is 21.1 Å². The van der Waals surface area contributed by atoms with Gasteiger partial charge in [0, 0.05) is 13.5 Å². The van der Waals surface area contributed by atoms with Crippen molar-refractivity contribution in [1.82, 2.24) is 4.90 Å². The number of ether oxygens (including phenoxy) is 2. The van der Waals surface area contributed by atoms with Crippen LogP contribution in [0.1, 0.15) is 31.7 Å². The molecule has 0 radical (unpaired) electrons. The van der Waals surface area contributed by atoms with Crippen molar-refractivity contribution in [1.29, 1.82) is 0 Å². The predicted octanol–water partition coefficient (Wildman–Crippen LogP) is 4.65. The Balaban J connectivity index is 1.48. The van der Waals surface area contributed by atoms with Gasteiger partial charge in [0.2, 0.25) is 5.91 Å². The molecule has 3 rings (SSSR count). The second-order valence-corrected chi connectivity index (χ2v) is 7.41. The molecule has 2 aromatic rings. The van der Waals surface area contributed by atoms with Gasteiger partial charge in [-0.3, -0.25) is 4.79 Å². The fourth-order valence-corrected chi connectivity index (χ4v) is 3.71. The van der Waals surface area contributed by atoms with Crippen LogP contribution in [-0.2, 0) is 11.4 Å². The third-order valence-corrected chi connectivity index (χ3v) is 5.27. The molecule has 2 atom stereocenters. The van der Waals surface area contributed by atoms with E-state index in [0.717, 1.165) is 42.9 Å². The molecule has 27 heavy (non-hydrogen) atoms. The summed E-state index contributed by atoms with van der Waals surface area (Å²) in [6.07, 6.45) is 3.08. The van der Waals surface area contributed by atoms with Crippen LogP contribution in [0.2, 0.25) is 0 Å². The molecule has 0 aromatic heterocycles. The summed E-state index contributed by atoms with van der Waals surface area (Å²) in [6.45, 7) is 3.31. The molecule has 0 spiro atoms. The van der Waals surface area contributed by atoms with Gasteiger partial charge in [-0.15, -0.1) is 11.6 Å². The lowest BCUT2D eigenvalue weighted by Crippen LogP contribution is -2.48. The lowest BCUT2D eigenvalue weighted by Gasteiger charge is -2.37. The largest absolute Gasteiger partial charge is 0.492 e. The number of rotatable bonds is 7. The first kappa shape index (κ1) is 19.6. The monoisotopic (exact) mass is 387 g/mol. The Hall–Kier alpha value is -2.20. The molecule has 1 amide bonds. The molecule has 0 N–H and O–H groups in total. The molecular weight excluding hydrogens is 362 g/mol. The summed E-state index contributed by atoms with van der Waals surface area (Å²) in [5.74, 6) is 1.63. The summed E-state index contributed by atoms with van der Waals surface area (Å²) in [7, 11) is 0. The van der Waals surface area contributed by atoms with Gasteiger partial charge in [0.25, 0.3) is 0 Å². The van der Waals surface area contributed by atoms with Gasteiger partial charge < -0.3 is 14.4 Å². The second kappa shape index (κ2) is 9.65. The van der Waals surface area contributed by atoms with Crippen LogP contribution in [0.3, 0.4) is 0 Å². The molecule has 1 fully saturated rings. The highest BCUT2D eigenvalue weighted by Crippen LogP contribution is 2.25. The number of hydrogen-bond acceptors (Lipinski definition) is 3. The third kappa shape index (κ3) is 5.64. The Morgan fingerprint density at radius 1 is 1.07 bits per heavy atom. The van der Waals surface area contributed by atoms with Gasteiger partial charge in [0.15, 0.2) is 0 Å². The van der Waals surface area contributed by atoms with Crippen LogP contribution in [0.4, 0.5) is 0 Å². The summed E-state index contributed by atoms with van der Waals surface area (Å²) in [6, 6.07) is 17.7. The van der Waals surface area contributed by atoms with Gasteiger partial charge in [-0.25, -0.2) is 0 Å². The first-order valence-electron chi connectivity index (χ1n) is 9.44. The molecule has 1 heterocycles. The lowest BCUT2D eigenvalue weighted by atomic mass is 9.99. The van der Waals surface area contributed by atoms with Crippen LogP contribution in [0.15, 0.2) is 54.6 Å². The smallest absolute Gasteiger partial charge is 0.219 e. The normalized spacial score (nSPS) is 18.0. The Kier molecular flexibility index (Phi) is 6.99. The summed E-state index contributed by atoms with van der Waals surface area (Å²) < 4.78 is 11.6. The minimum atomic E-state index is -0.219. The molecule has 2 aromatic carbocycles. The van der Waals surface area contributed by atoms with Gasteiger partial charge >= 0.3 is 0 Å². The number of benzene rings is 2. The van der Waals surface area contributed by atoms with E-state index in [9.17, 15) is 4.79 Å². The van der Waals surface area contributed by atoms with Gasteiger partial charge in [-0.2, -0.15) is 0 Å². The average molecular weight is 388 g/mol. The fourth-order valence-electron chi connectivity index (χ4n) is 3.38. The summed E-state index contributed by atoms with van der Waals surface area (Å²) in [5.41, 5.74) is 1.13. The van der Waals surface area contributed by atoms with E-state index in [1.165, 1.54) is 0 Å². The van der Waals surface area contributed by atoms with Crippen molar-refractivity contribution in [2.75, 3.05) is 13.2 Å². The Morgan fingerprint density at radius 2 is 1.74 bits per heavy atom. The summed E-state index contributed by atoms with van der Waals surface area (Å²) in [4.78, 5) is 13.7. The zero-order valence-electron chi connectivity index (χ0n) is 15.6. The van der Waals surface area contributed by atoms with Crippen LogP contribution < -0.4 is 9.47 Å². The molecule has 5 heteroatoms. The van der Waals surface area contributed by atoms with Crippen LogP contribution >= 0.6 is 11.6 Å². The zero-order valence-corrected chi connectivity index (χ0v) is 16.4. The van der Waals surface area contributed by atoms with Crippen molar-refractivity contribution in [2.45, 2.75) is 44.2 Å². The first-order chi connectivity index (χ1) is 13.1. The van der Waals surface area contributed by atoms with Crippen molar-refractivity contribution in [3.05, 3.63) is 60.2 Å². The van der Waals surface area contributed by atoms with Crippen molar-refractivity contribution in [3.8, 4) is 11.5 Å². The van der Waals surface area contributed by atoms with E-state index >= 15 is 0 Å². The average Bonchev–Trinajstić information content (AvgIpc) is 2.72. The van der Waals surface area contributed by atoms with Gasteiger partial charge in [0.1, 0.15) is 24.7 Å². The Labute approximate surface area is 166 Å². The molecule has 0 unspecified atom stereocenters. The Morgan fingerprint density at radius 3 is 2.41 bits per heavy atom. The van der Waals surface area contributed by atoms with E-state index in [1.54, 1.807) is 6.92 Å². The quantitative estimate of drug-likeness (QED) is 0.649. The lowest BCUT2D eigenvalue weighted by molar-refractivity contribution is -0.132. The van der Waals surface area contributed by atoms with E-state index in [2.05, 4.69) is 0 Å². The molecule has 1 saturated heterocycles. The number of alkyl halides is 1. The van der Waals surface area contributed by atoms with Crippen LogP contribution in [0.5, 0.6) is 11.5 Å². The highest BCUT2D eigenvalue weighted by Gasteiger charge is 2.30. The van der Waals surface area contributed by atoms with E-state index < -0.39 is 0 Å². The third-order valence-electron chi connectivity index (χ3n) is 4.85. The molecule has 4 nitrogen and oxygen atoms in total. The van der Waals surface area contributed by atoms with Gasteiger partial charge in [-0.1, -0.05) is 30.3 Å². The maximum absolute atomic E-state index is 11.8. The second-order valence-electron chi connectivity index (χ2n) is 6.85. The topological polar surface area (TPSA) is 38.8 Å². The Bertz CT molecular complexity index is 720. The molecule has 144 valence electrons. The van der Waals surface area contributed by atoms with E-state index in [1.807, 2.05) is 59.5 Å². The summed E-state index contributed by atoms with van der Waals surface area (Å²) in [5, 5.41) is -0.219. The SMILES string of the molecule is CC(=O)N1CCCC[C@H]1[C@H](Cl)COc1ccc(OCc2ccccc2)cc1. The van der Waals surface area contributed by atoms with Gasteiger partial charge in [0.05, 0.1) is 11.4 Å². The maximum Gasteiger partial charge on any atom is 0.219 e. The molecule has 1 aliphatic heterocycles. The highest BCUT2D eigenvalue weighted by molar-refractivity contribution is 6.21. The highest BCUT2D eigenvalue weighted by atomic mass is 35.5. The van der Waals surface area contributed by atoms with E-state index in [-0.39, 0.29) is 17.3 Å². The van der Waals surface area contributed by atoms with Crippen molar-refractivity contribution in [2.24, 2.45) is 0 Å². The molecule has 0 saturated carbocycles. The number of nitrogens with zero attached hydrogens (tertiary/aromatic N) is 1. The standard InChI is InChI=1S/C22H26ClNO3/c1-17(25)24-14-6-5-9-22(24)21(23)16-27-20-12-10-19(11-13-20)26-15-18-7-3-2-4-8-18/h2-4,7-8,10-13,21-22H,5-6,9,14-16H2,1H3/t21-,22+/m1/s1. The molecule has 0 aliphatic carbocycles. The number of carbonyl (C=O) groups excluding carboxylic acids is 1. The van der Waals surface area contributed by atoms with Gasteiger partial charge in [-0.05, 0) is 49.1 Å². The van der Waals surface area contributed by atoms with Crippen molar-refractivity contribution in [3.63, 3.8) is 0 Å². The molecule has 0 bridgehead atoms. The van der Waals surface area contributed by atoms with Crippen LogP contribution in [0, 0.1) is 0 Å². The number of piperidine rings is 1. The summed E-state index contributed by atoms with van der Waals surface area (Å²) >= 11 is 6.55. The number of likely N-dealkylation sites (tertiary alicyclic amines) is 1. The first-order valence-corrected chi connectivity index (χ1v) is 9.88. The number of halogens is 1. The maximum atomic E-state index is 11.8. The van der Waals surface area contributed by atoms with E-state index in [0.29, 0.717) is 13.2 Å². The minimum Gasteiger partial charge on any atom is -0.492 e. The van der Waals surface area contributed by atoms with Crippen molar-refractivity contribution >= 4 is 17.5 Å². The minimum absolute atomic E-state index is 0.0476. The zero-order chi connectivity index (χ0) is 19.1. The number of hydrogen-bond donors (Lipinski definition) is 0. The van der Waals surface area contributed by atoms with Crippen molar-refractivity contribution < 1.29 is 14.3 Å². The predicted molar refractivity (Wildman–Crippen MR) is 107 cm³/mol. The molecule has 1 aliphatic rings. The number of carbonyl (C=O) groups is 1. The molecular formula is C22H26ClNO3.